The molecule has 0 radical (unpaired) electrons. The summed E-state index contributed by atoms with van der Waals surface area (Å²) in [5.41, 5.74) is 0. The van der Waals surface area contributed by atoms with Crippen molar-refractivity contribution in [1.82, 2.24) is 10.2 Å². The fraction of sp³-hybridized carbons (Fsp3) is 0.938. The maximum absolute atomic E-state index is 10.9. The third-order valence-electron chi connectivity index (χ3n) is 4.76. The van der Waals surface area contributed by atoms with Gasteiger partial charge in [-0.05, 0) is 57.5 Å². The Morgan fingerprint density at radius 2 is 1.65 bits per heavy atom. The first-order chi connectivity index (χ1) is 9.54. The van der Waals surface area contributed by atoms with E-state index in [-0.39, 0.29) is 5.92 Å². The van der Waals surface area contributed by atoms with Gasteiger partial charge in [0, 0.05) is 18.6 Å². The molecule has 2 aliphatic rings. The van der Waals surface area contributed by atoms with Gasteiger partial charge in [-0.3, -0.25) is 4.79 Å². The van der Waals surface area contributed by atoms with Crippen molar-refractivity contribution in [3.8, 4) is 0 Å². The molecule has 0 atom stereocenters. The first-order valence-electron chi connectivity index (χ1n) is 8.25. The van der Waals surface area contributed by atoms with E-state index in [1.807, 2.05) is 0 Å². The lowest BCUT2D eigenvalue weighted by Crippen LogP contribution is -2.47. The Hall–Kier alpha value is -0.610. The van der Waals surface area contributed by atoms with Crippen LogP contribution < -0.4 is 5.32 Å². The first-order valence-corrected chi connectivity index (χ1v) is 8.25. The Labute approximate surface area is 122 Å². The van der Waals surface area contributed by atoms with Crippen molar-refractivity contribution >= 4 is 5.97 Å². The largest absolute Gasteiger partial charge is 0.481 e. The zero-order chi connectivity index (χ0) is 14.5. The number of carboxylic acid groups (broad SMARTS) is 1. The molecule has 1 aliphatic carbocycles. The second-order valence-corrected chi connectivity index (χ2v) is 7.02. The fourth-order valence-corrected chi connectivity index (χ4v) is 3.64. The summed E-state index contributed by atoms with van der Waals surface area (Å²) >= 11 is 0. The number of likely N-dealkylation sites (tertiary alicyclic amines) is 1. The smallest absolute Gasteiger partial charge is 0.306 e. The van der Waals surface area contributed by atoms with Crippen LogP contribution in [0.25, 0.3) is 0 Å². The molecule has 116 valence electrons. The highest BCUT2D eigenvalue weighted by atomic mass is 16.4. The van der Waals surface area contributed by atoms with Gasteiger partial charge in [0.05, 0.1) is 5.92 Å². The average Bonchev–Trinajstić information content (AvgIpc) is 2.41. The summed E-state index contributed by atoms with van der Waals surface area (Å²) in [5, 5.41) is 12.8. The number of piperidine rings is 1. The number of hydrogen-bond donors (Lipinski definition) is 2. The molecule has 2 rings (SSSR count). The molecule has 0 aromatic heterocycles. The highest BCUT2D eigenvalue weighted by molar-refractivity contribution is 5.70. The Bertz CT molecular complexity index is 304. The molecule has 4 nitrogen and oxygen atoms in total. The Balaban J connectivity index is 1.65. The third kappa shape index (κ3) is 4.74. The molecular formula is C16H30N2O2. The lowest BCUT2D eigenvalue weighted by molar-refractivity contribution is -0.142. The number of carbonyl (C=O) groups is 1. The van der Waals surface area contributed by atoms with E-state index in [4.69, 9.17) is 5.11 Å². The fourth-order valence-electron chi connectivity index (χ4n) is 3.64. The molecule has 1 heterocycles. The molecule has 1 saturated carbocycles. The summed E-state index contributed by atoms with van der Waals surface area (Å²) < 4.78 is 0. The van der Waals surface area contributed by atoms with E-state index in [9.17, 15) is 4.79 Å². The number of nitrogens with zero attached hydrogens (tertiary/aromatic N) is 1. The highest BCUT2D eigenvalue weighted by Crippen LogP contribution is 2.25. The van der Waals surface area contributed by atoms with Gasteiger partial charge in [0.25, 0.3) is 0 Å². The molecule has 1 aliphatic heterocycles. The minimum absolute atomic E-state index is 0.0964. The Morgan fingerprint density at radius 3 is 2.15 bits per heavy atom. The van der Waals surface area contributed by atoms with Gasteiger partial charge in [-0.2, -0.15) is 0 Å². The zero-order valence-corrected chi connectivity index (χ0v) is 13.0. The van der Waals surface area contributed by atoms with Crippen LogP contribution in [0.15, 0.2) is 0 Å². The van der Waals surface area contributed by atoms with Crippen LogP contribution in [0.2, 0.25) is 0 Å². The van der Waals surface area contributed by atoms with E-state index in [1.54, 1.807) is 0 Å². The van der Waals surface area contributed by atoms with Crippen molar-refractivity contribution in [2.24, 2.45) is 11.8 Å². The second kappa shape index (κ2) is 7.41. The maximum Gasteiger partial charge on any atom is 0.306 e. The van der Waals surface area contributed by atoms with Gasteiger partial charge in [0.2, 0.25) is 0 Å². The predicted molar refractivity (Wildman–Crippen MR) is 80.8 cm³/mol. The molecule has 0 aromatic rings. The van der Waals surface area contributed by atoms with E-state index < -0.39 is 5.97 Å². The summed E-state index contributed by atoms with van der Waals surface area (Å²) in [5.74, 6) is 0.0530. The molecule has 0 aromatic carbocycles. The van der Waals surface area contributed by atoms with Crippen LogP contribution in [0.1, 0.15) is 52.4 Å². The van der Waals surface area contributed by atoms with Crippen LogP contribution in [0, 0.1) is 11.8 Å². The normalized spacial score (nSPS) is 29.8. The van der Waals surface area contributed by atoms with Crippen LogP contribution in [0.4, 0.5) is 0 Å². The molecule has 1 saturated heterocycles. The van der Waals surface area contributed by atoms with Gasteiger partial charge in [-0.15, -0.1) is 0 Å². The van der Waals surface area contributed by atoms with Gasteiger partial charge >= 0.3 is 5.97 Å². The van der Waals surface area contributed by atoms with Crippen LogP contribution in [0.5, 0.6) is 0 Å². The molecule has 4 heteroatoms. The number of hydrogen-bond acceptors (Lipinski definition) is 3. The minimum Gasteiger partial charge on any atom is -0.481 e. The van der Waals surface area contributed by atoms with Crippen molar-refractivity contribution in [1.29, 1.82) is 0 Å². The van der Waals surface area contributed by atoms with Crippen molar-refractivity contribution in [2.45, 2.75) is 64.5 Å². The van der Waals surface area contributed by atoms with Crippen molar-refractivity contribution in [3.05, 3.63) is 0 Å². The quantitative estimate of drug-likeness (QED) is 0.812. The van der Waals surface area contributed by atoms with Crippen LogP contribution >= 0.6 is 0 Å². The van der Waals surface area contributed by atoms with Gasteiger partial charge < -0.3 is 15.3 Å². The van der Waals surface area contributed by atoms with E-state index in [0.29, 0.717) is 12.1 Å². The van der Waals surface area contributed by atoms with Crippen molar-refractivity contribution in [2.75, 3.05) is 19.6 Å². The number of aliphatic carboxylic acids is 1. The van der Waals surface area contributed by atoms with Gasteiger partial charge in [-0.25, -0.2) is 0 Å². The monoisotopic (exact) mass is 282 g/mol. The lowest BCUT2D eigenvalue weighted by atomic mass is 9.85. The predicted octanol–water partition coefficient (Wildman–Crippen LogP) is 2.34. The molecular weight excluding hydrogens is 252 g/mol. The highest BCUT2D eigenvalue weighted by Gasteiger charge is 2.28. The summed E-state index contributed by atoms with van der Waals surface area (Å²) in [4.78, 5) is 13.5. The standard InChI is InChI=1S/C16H30N2O2/c1-12(2)11-18-9-7-15(8-10-18)17-14-5-3-13(4-6-14)16(19)20/h12-15,17H,3-11H2,1-2H3,(H,19,20). The van der Waals surface area contributed by atoms with Crippen LogP contribution in [-0.2, 0) is 4.79 Å². The van der Waals surface area contributed by atoms with E-state index in [0.717, 1.165) is 31.6 Å². The van der Waals surface area contributed by atoms with E-state index in [2.05, 4.69) is 24.1 Å². The molecule has 0 bridgehead atoms. The summed E-state index contributed by atoms with van der Waals surface area (Å²) in [7, 11) is 0. The van der Waals surface area contributed by atoms with E-state index >= 15 is 0 Å². The van der Waals surface area contributed by atoms with Crippen LogP contribution in [-0.4, -0.2) is 47.7 Å². The summed E-state index contributed by atoms with van der Waals surface area (Å²) in [6.45, 7) is 8.20. The van der Waals surface area contributed by atoms with Gasteiger partial charge in [0.1, 0.15) is 0 Å². The summed E-state index contributed by atoms with van der Waals surface area (Å²) in [6, 6.07) is 1.19. The Morgan fingerprint density at radius 1 is 1.10 bits per heavy atom. The molecule has 20 heavy (non-hydrogen) atoms. The van der Waals surface area contributed by atoms with E-state index in [1.165, 1.54) is 32.5 Å². The van der Waals surface area contributed by atoms with Gasteiger partial charge in [-0.1, -0.05) is 13.8 Å². The van der Waals surface area contributed by atoms with Crippen LogP contribution in [0.3, 0.4) is 0 Å². The minimum atomic E-state index is -0.606. The first kappa shape index (κ1) is 15.8. The molecule has 2 N–H and O–H groups in total. The molecule has 2 fully saturated rings. The molecule has 0 spiro atoms. The lowest BCUT2D eigenvalue weighted by Gasteiger charge is -2.36. The Kier molecular flexibility index (Phi) is 5.85. The second-order valence-electron chi connectivity index (χ2n) is 7.02. The number of nitrogens with one attached hydrogen (secondary N) is 1. The zero-order valence-electron chi connectivity index (χ0n) is 13.0. The average molecular weight is 282 g/mol. The topological polar surface area (TPSA) is 52.6 Å². The number of rotatable bonds is 5. The summed E-state index contributed by atoms with van der Waals surface area (Å²) in [6.07, 6.45) is 6.24. The number of carboxylic acids is 1. The van der Waals surface area contributed by atoms with Gasteiger partial charge in [0.15, 0.2) is 0 Å². The molecule has 0 amide bonds. The maximum atomic E-state index is 10.9. The van der Waals surface area contributed by atoms with Crippen molar-refractivity contribution < 1.29 is 9.90 Å². The molecule has 0 unspecified atom stereocenters. The SMILES string of the molecule is CC(C)CN1CCC(NC2CCC(C(=O)O)CC2)CC1. The third-order valence-corrected chi connectivity index (χ3v) is 4.76. The van der Waals surface area contributed by atoms with Crippen molar-refractivity contribution in [3.63, 3.8) is 0 Å².